The van der Waals surface area contributed by atoms with Gasteiger partial charge in [-0.05, 0) is 49.1 Å². The van der Waals surface area contributed by atoms with Gasteiger partial charge in [-0.3, -0.25) is 9.59 Å². The van der Waals surface area contributed by atoms with Crippen LogP contribution in [0, 0.1) is 18.7 Å². The van der Waals surface area contributed by atoms with E-state index in [0.717, 1.165) is 51.7 Å². The van der Waals surface area contributed by atoms with Crippen molar-refractivity contribution < 1.29 is 14.0 Å². The molecule has 0 N–H and O–H groups in total. The molecule has 1 saturated carbocycles. The molecule has 5 rings (SSSR count). The highest BCUT2D eigenvalue weighted by molar-refractivity contribution is 6.15. The summed E-state index contributed by atoms with van der Waals surface area (Å²) in [5, 5.41) is 0.920. The summed E-state index contributed by atoms with van der Waals surface area (Å²) in [4.78, 5) is 27.8. The molecule has 0 bridgehead atoms. The van der Waals surface area contributed by atoms with Crippen molar-refractivity contribution in [3.63, 3.8) is 0 Å². The molecule has 1 amide bonds. The van der Waals surface area contributed by atoms with E-state index in [1.807, 2.05) is 61.0 Å². The quantitative estimate of drug-likeness (QED) is 0.317. The van der Waals surface area contributed by atoms with Crippen LogP contribution in [0.5, 0.6) is 0 Å². The summed E-state index contributed by atoms with van der Waals surface area (Å²) in [5.74, 6) is -0.187. The van der Waals surface area contributed by atoms with Crippen molar-refractivity contribution >= 4 is 28.3 Å². The fourth-order valence-electron chi connectivity index (χ4n) is 4.69. The van der Waals surface area contributed by atoms with E-state index in [0.29, 0.717) is 12.2 Å². The number of halogens is 1. The zero-order valence-electron chi connectivity index (χ0n) is 19.6. The Labute approximate surface area is 198 Å². The number of hydrogen-bond donors (Lipinski definition) is 0. The van der Waals surface area contributed by atoms with Gasteiger partial charge in [0.05, 0.1) is 16.9 Å². The van der Waals surface area contributed by atoms with Crippen LogP contribution in [-0.4, -0.2) is 23.3 Å². The number of benzene rings is 3. The topological polar surface area (TPSA) is 42.3 Å². The first-order valence-electron chi connectivity index (χ1n) is 11.6. The fourth-order valence-corrected chi connectivity index (χ4v) is 4.69. The number of anilines is 1. The summed E-state index contributed by atoms with van der Waals surface area (Å²) in [6.07, 6.45) is 1.84. The fraction of sp³-hybridized carbons (Fsp3) is 0.241. The summed E-state index contributed by atoms with van der Waals surface area (Å²) in [6, 6.07) is 20.4. The standard InChI is InChI=1S/C29H27FN2O2/c1-18-7-11-21(12-8-18)26-24-5-4-6-25(31(3)29(34)22-13-14-22)28(24)32(27(26)19(2)33)17-20-9-15-23(30)16-10-20/h4-12,15-16,22H,13-14,17H2,1-3H3. The van der Waals surface area contributed by atoms with E-state index >= 15 is 0 Å². The highest BCUT2D eigenvalue weighted by atomic mass is 19.1. The second-order valence-corrected chi connectivity index (χ2v) is 9.20. The Morgan fingerprint density at radius 1 is 1.00 bits per heavy atom. The third-order valence-electron chi connectivity index (χ3n) is 6.61. The molecule has 3 aromatic carbocycles. The molecule has 1 aliphatic carbocycles. The van der Waals surface area contributed by atoms with E-state index in [1.165, 1.54) is 12.1 Å². The molecule has 0 aliphatic heterocycles. The molecule has 5 heteroatoms. The number of carbonyl (C=O) groups excluding carboxylic acids is 2. The monoisotopic (exact) mass is 454 g/mol. The summed E-state index contributed by atoms with van der Waals surface area (Å²) in [6.45, 7) is 4.00. The van der Waals surface area contributed by atoms with Gasteiger partial charge in [0.25, 0.3) is 0 Å². The molecule has 0 spiro atoms. The first-order chi connectivity index (χ1) is 16.3. The van der Waals surface area contributed by atoms with Gasteiger partial charge in [-0.2, -0.15) is 0 Å². The van der Waals surface area contributed by atoms with Gasteiger partial charge in [-0.25, -0.2) is 4.39 Å². The SMILES string of the molecule is CC(=O)c1c(-c2ccc(C)cc2)c2cccc(N(C)C(=O)C3CC3)c2n1Cc1ccc(F)cc1. The Kier molecular flexibility index (Phi) is 5.56. The zero-order chi connectivity index (χ0) is 24.0. The van der Waals surface area contributed by atoms with Crippen molar-refractivity contribution in [2.24, 2.45) is 5.92 Å². The Bertz CT molecular complexity index is 1400. The van der Waals surface area contributed by atoms with E-state index in [-0.39, 0.29) is 23.4 Å². The second-order valence-electron chi connectivity index (χ2n) is 9.20. The molecule has 34 heavy (non-hydrogen) atoms. The highest BCUT2D eigenvalue weighted by Crippen LogP contribution is 2.41. The number of hydrogen-bond acceptors (Lipinski definition) is 2. The maximum Gasteiger partial charge on any atom is 0.229 e. The van der Waals surface area contributed by atoms with Crippen LogP contribution in [0.1, 0.15) is 41.4 Å². The van der Waals surface area contributed by atoms with E-state index in [2.05, 4.69) is 0 Å². The van der Waals surface area contributed by atoms with Gasteiger partial charge in [0.15, 0.2) is 5.78 Å². The van der Waals surface area contributed by atoms with Gasteiger partial charge < -0.3 is 9.47 Å². The third kappa shape index (κ3) is 3.92. The molecular weight excluding hydrogens is 427 g/mol. The van der Waals surface area contributed by atoms with E-state index < -0.39 is 0 Å². The summed E-state index contributed by atoms with van der Waals surface area (Å²) in [5.41, 5.74) is 6.02. The minimum atomic E-state index is -0.302. The molecule has 0 unspecified atom stereocenters. The first kappa shape index (κ1) is 22.1. The molecule has 1 aromatic heterocycles. The van der Waals surface area contributed by atoms with Crippen LogP contribution in [0.3, 0.4) is 0 Å². The van der Waals surface area contributed by atoms with Gasteiger partial charge in [-0.1, -0.05) is 54.1 Å². The molecule has 1 heterocycles. The predicted octanol–water partition coefficient (Wildman–Crippen LogP) is 6.38. The number of aromatic nitrogens is 1. The molecule has 4 aromatic rings. The number of para-hydroxylation sites is 1. The Balaban J connectivity index is 1.80. The Morgan fingerprint density at radius 2 is 1.68 bits per heavy atom. The van der Waals surface area contributed by atoms with Crippen LogP contribution < -0.4 is 4.90 Å². The number of aryl methyl sites for hydroxylation is 1. The number of ketones is 1. The molecule has 0 saturated heterocycles. The lowest BCUT2D eigenvalue weighted by Crippen LogP contribution is -2.28. The number of carbonyl (C=O) groups is 2. The van der Waals surface area contributed by atoms with Gasteiger partial charge in [0, 0.05) is 37.4 Å². The number of Topliss-reactive ketones (excluding diaryl/α,β-unsaturated/α-hetero) is 1. The number of amides is 1. The summed E-state index contributed by atoms with van der Waals surface area (Å²) >= 11 is 0. The minimum absolute atomic E-state index is 0.0593. The van der Waals surface area contributed by atoms with Crippen molar-refractivity contribution in [3.8, 4) is 11.1 Å². The summed E-state index contributed by atoms with van der Waals surface area (Å²) < 4.78 is 15.6. The van der Waals surface area contributed by atoms with Crippen molar-refractivity contribution in [2.45, 2.75) is 33.2 Å². The largest absolute Gasteiger partial charge is 0.331 e. The highest BCUT2D eigenvalue weighted by Gasteiger charge is 2.34. The number of fused-ring (bicyclic) bond motifs is 1. The van der Waals surface area contributed by atoms with Gasteiger partial charge >= 0.3 is 0 Å². The molecule has 172 valence electrons. The first-order valence-corrected chi connectivity index (χ1v) is 11.6. The van der Waals surface area contributed by atoms with Crippen LogP contribution in [0.2, 0.25) is 0 Å². The Hall–Kier alpha value is -3.73. The third-order valence-corrected chi connectivity index (χ3v) is 6.61. The molecule has 0 atom stereocenters. The normalized spacial score (nSPS) is 13.3. The van der Waals surface area contributed by atoms with Crippen LogP contribution in [-0.2, 0) is 11.3 Å². The smallest absolute Gasteiger partial charge is 0.229 e. The van der Waals surface area contributed by atoms with Crippen molar-refractivity contribution in [1.29, 1.82) is 0 Å². The maximum atomic E-state index is 13.6. The molecule has 0 radical (unpaired) electrons. The van der Waals surface area contributed by atoms with Crippen molar-refractivity contribution in [1.82, 2.24) is 4.57 Å². The maximum absolute atomic E-state index is 13.6. The molecular formula is C29H27FN2O2. The molecule has 1 fully saturated rings. The average molecular weight is 455 g/mol. The van der Waals surface area contributed by atoms with Crippen molar-refractivity contribution in [3.05, 3.63) is 89.4 Å². The number of nitrogens with zero attached hydrogens (tertiary/aromatic N) is 2. The predicted molar refractivity (Wildman–Crippen MR) is 134 cm³/mol. The van der Waals surface area contributed by atoms with Crippen molar-refractivity contribution in [2.75, 3.05) is 11.9 Å². The molecule has 1 aliphatic rings. The summed E-state index contributed by atoms with van der Waals surface area (Å²) in [7, 11) is 1.81. The Morgan fingerprint density at radius 3 is 2.29 bits per heavy atom. The van der Waals surface area contributed by atoms with Crippen LogP contribution in [0.15, 0.2) is 66.7 Å². The van der Waals surface area contributed by atoms with Gasteiger partial charge in [0.2, 0.25) is 5.91 Å². The van der Waals surface area contributed by atoms with Gasteiger partial charge in [-0.15, -0.1) is 0 Å². The molecule has 4 nitrogen and oxygen atoms in total. The average Bonchev–Trinajstić information content (AvgIpc) is 3.62. The second kappa shape index (κ2) is 8.56. The minimum Gasteiger partial charge on any atom is -0.331 e. The van der Waals surface area contributed by atoms with E-state index in [9.17, 15) is 14.0 Å². The lowest BCUT2D eigenvalue weighted by atomic mass is 9.99. The van der Waals surface area contributed by atoms with E-state index in [4.69, 9.17) is 0 Å². The lowest BCUT2D eigenvalue weighted by molar-refractivity contribution is -0.119. The lowest BCUT2D eigenvalue weighted by Gasteiger charge is -2.20. The van der Waals surface area contributed by atoms with Crippen LogP contribution in [0.25, 0.3) is 22.0 Å². The van der Waals surface area contributed by atoms with Crippen LogP contribution >= 0.6 is 0 Å². The number of rotatable bonds is 6. The van der Waals surface area contributed by atoms with Crippen LogP contribution in [0.4, 0.5) is 10.1 Å². The van der Waals surface area contributed by atoms with Gasteiger partial charge in [0.1, 0.15) is 5.82 Å². The van der Waals surface area contributed by atoms with E-state index in [1.54, 1.807) is 24.0 Å². The zero-order valence-corrected chi connectivity index (χ0v) is 19.6.